The van der Waals surface area contributed by atoms with Crippen molar-refractivity contribution in [2.24, 2.45) is 0 Å². The molecule has 0 saturated heterocycles. The van der Waals surface area contributed by atoms with Gasteiger partial charge in [0.2, 0.25) is 0 Å². The van der Waals surface area contributed by atoms with Crippen LogP contribution in [0.25, 0.3) is 0 Å². The van der Waals surface area contributed by atoms with Crippen LogP contribution >= 0.6 is 0 Å². The van der Waals surface area contributed by atoms with Crippen LogP contribution in [0.5, 0.6) is 5.75 Å². The smallest absolute Gasteiger partial charge is 0.143 e. The maximum absolute atomic E-state index is 15.2. The van der Waals surface area contributed by atoms with E-state index >= 15 is 4.39 Å². The summed E-state index contributed by atoms with van der Waals surface area (Å²) in [6, 6.07) is 11.1. The summed E-state index contributed by atoms with van der Waals surface area (Å²) in [5, 5.41) is 0. The molecule has 29 heavy (non-hydrogen) atoms. The summed E-state index contributed by atoms with van der Waals surface area (Å²) >= 11 is 0. The summed E-state index contributed by atoms with van der Waals surface area (Å²) < 4.78 is 20.4. The molecule has 0 spiro atoms. The molecule has 0 fully saturated rings. The number of methoxy groups -OCH3 is 1. The summed E-state index contributed by atoms with van der Waals surface area (Å²) in [6.07, 6.45) is 6.04. The quantitative estimate of drug-likeness (QED) is 0.546. The van der Waals surface area contributed by atoms with Gasteiger partial charge < -0.3 is 4.74 Å². The van der Waals surface area contributed by atoms with Crippen molar-refractivity contribution in [3.8, 4) is 29.4 Å². The van der Waals surface area contributed by atoms with E-state index in [0.717, 1.165) is 29.7 Å². The van der Waals surface area contributed by atoms with Crippen LogP contribution in [0.4, 0.5) is 4.39 Å². The molecular formula is C27H25FO. The summed E-state index contributed by atoms with van der Waals surface area (Å²) in [4.78, 5) is 0. The maximum atomic E-state index is 15.2. The first-order valence-electron chi connectivity index (χ1n) is 9.84. The van der Waals surface area contributed by atoms with Crippen molar-refractivity contribution in [1.82, 2.24) is 0 Å². The number of allylic oxidation sites excluding steroid dienone is 4. The largest absolute Gasteiger partial charge is 0.497 e. The lowest BCUT2D eigenvalue weighted by molar-refractivity contribution is 0.415. The molecule has 0 aromatic heterocycles. The molecule has 1 aliphatic carbocycles. The summed E-state index contributed by atoms with van der Waals surface area (Å²) in [5.74, 6) is 12.9. The molecule has 0 radical (unpaired) electrons. The molecule has 0 amide bonds. The second-order valence-electron chi connectivity index (χ2n) is 7.48. The van der Waals surface area contributed by atoms with Crippen LogP contribution in [-0.2, 0) is 0 Å². The summed E-state index contributed by atoms with van der Waals surface area (Å²) in [5.41, 5.74) is 5.00. The number of benzene rings is 2. The first-order valence-corrected chi connectivity index (χ1v) is 9.84. The fourth-order valence-electron chi connectivity index (χ4n) is 3.17. The van der Waals surface area contributed by atoms with Gasteiger partial charge in [-0.1, -0.05) is 55.3 Å². The topological polar surface area (TPSA) is 9.23 Å². The molecule has 1 nitrogen and oxygen atoms in total. The number of rotatable bonds is 2. The molecule has 2 heteroatoms. The van der Waals surface area contributed by atoms with E-state index in [2.05, 4.69) is 36.7 Å². The monoisotopic (exact) mass is 384 g/mol. The minimum Gasteiger partial charge on any atom is -0.497 e. The second-order valence-corrected chi connectivity index (χ2v) is 7.48. The molecule has 0 unspecified atom stereocenters. The summed E-state index contributed by atoms with van der Waals surface area (Å²) in [6.45, 7) is 6.07. The number of halogens is 1. The average molecular weight is 384 g/mol. The first kappa shape index (κ1) is 20.5. The van der Waals surface area contributed by atoms with Crippen molar-refractivity contribution in [3.05, 3.63) is 87.8 Å². The van der Waals surface area contributed by atoms with Gasteiger partial charge >= 0.3 is 0 Å². The van der Waals surface area contributed by atoms with Crippen molar-refractivity contribution in [2.75, 3.05) is 7.11 Å². The Morgan fingerprint density at radius 1 is 0.862 bits per heavy atom. The van der Waals surface area contributed by atoms with E-state index in [-0.39, 0.29) is 11.7 Å². The van der Waals surface area contributed by atoms with Gasteiger partial charge in [0, 0.05) is 22.3 Å². The lowest BCUT2D eigenvalue weighted by atomic mass is 9.93. The predicted molar refractivity (Wildman–Crippen MR) is 117 cm³/mol. The van der Waals surface area contributed by atoms with Gasteiger partial charge in [-0.15, -0.1) is 0 Å². The highest BCUT2D eigenvalue weighted by Crippen LogP contribution is 2.25. The first-order chi connectivity index (χ1) is 14.0. The highest BCUT2D eigenvalue weighted by Gasteiger charge is 2.14. The molecule has 0 atom stereocenters. The Hall–Kier alpha value is -3.23. The van der Waals surface area contributed by atoms with Gasteiger partial charge in [0.25, 0.3) is 0 Å². The van der Waals surface area contributed by atoms with E-state index in [1.54, 1.807) is 13.2 Å². The van der Waals surface area contributed by atoms with Gasteiger partial charge in [-0.25, -0.2) is 4.39 Å². The fourth-order valence-corrected chi connectivity index (χ4v) is 3.17. The van der Waals surface area contributed by atoms with Gasteiger partial charge in [0.05, 0.1) is 12.7 Å². The highest BCUT2D eigenvalue weighted by molar-refractivity contribution is 5.54. The molecule has 3 rings (SSSR count). The minimum absolute atomic E-state index is 0.0106. The Kier molecular flexibility index (Phi) is 6.58. The van der Waals surface area contributed by atoms with Crippen molar-refractivity contribution in [2.45, 2.75) is 39.5 Å². The van der Waals surface area contributed by atoms with E-state index in [4.69, 9.17) is 4.74 Å². The predicted octanol–water partition coefficient (Wildman–Crippen LogP) is 6.38. The molecular weight excluding hydrogens is 359 g/mol. The molecule has 0 saturated carbocycles. The molecule has 0 N–H and O–H groups in total. The zero-order valence-electron chi connectivity index (χ0n) is 17.4. The average Bonchev–Trinajstić information content (AvgIpc) is 2.72. The lowest BCUT2D eigenvalue weighted by Crippen LogP contribution is -2.01. The standard InChI is InChI=1S/C27H25FO/c1-19(2)26-23(13-9-22-11-17-25(29-4)18-12-22)15-16-24(27(26)28)14-10-21-7-5-20(3)6-8-21/h5,7,11-12,15-19H,6,8H2,1-4H3. The van der Waals surface area contributed by atoms with Crippen LogP contribution in [0.2, 0.25) is 0 Å². The van der Waals surface area contributed by atoms with E-state index in [0.29, 0.717) is 16.7 Å². The second kappa shape index (κ2) is 9.31. The summed E-state index contributed by atoms with van der Waals surface area (Å²) in [7, 11) is 1.63. The molecule has 0 bridgehead atoms. The van der Waals surface area contributed by atoms with Crippen LogP contribution in [0.15, 0.2) is 59.7 Å². The number of hydrogen-bond acceptors (Lipinski definition) is 1. The minimum atomic E-state index is -0.267. The third kappa shape index (κ3) is 5.18. The third-order valence-corrected chi connectivity index (χ3v) is 4.90. The molecule has 1 aliphatic rings. The van der Waals surface area contributed by atoms with Crippen LogP contribution in [0.3, 0.4) is 0 Å². The number of hydrogen-bond donors (Lipinski definition) is 0. The Morgan fingerprint density at radius 2 is 1.55 bits per heavy atom. The SMILES string of the molecule is COc1ccc(C#Cc2ccc(C#CC3=CC=C(C)CC3)c(F)c2C(C)C)cc1. The van der Waals surface area contributed by atoms with Crippen LogP contribution in [0, 0.1) is 29.5 Å². The molecule has 0 aliphatic heterocycles. The molecule has 2 aromatic carbocycles. The van der Waals surface area contributed by atoms with E-state index in [9.17, 15) is 0 Å². The third-order valence-electron chi connectivity index (χ3n) is 4.90. The van der Waals surface area contributed by atoms with Crippen LogP contribution < -0.4 is 4.74 Å². The van der Waals surface area contributed by atoms with E-state index < -0.39 is 0 Å². The fraction of sp³-hybridized carbons (Fsp3) is 0.259. The van der Waals surface area contributed by atoms with Gasteiger partial charge in [0.1, 0.15) is 11.6 Å². The normalized spacial score (nSPS) is 12.9. The Labute approximate surface area is 173 Å². The maximum Gasteiger partial charge on any atom is 0.143 e. The van der Waals surface area contributed by atoms with Gasteiger partial charge in [0.15, 0.2) is 0 Å². The highest BCUT2D eigenvalue weighted by atomic mass is 19.1. The van der Waals surface area contributed by atoms with Crippen molar-refractivity contribution >= 4 is 0 Å². The zero-order chi connectivity index (χ0) is 20.8. The van der Waals surface area contributed by atoms with Crippen molar-refractivity contribution < 1.29 is 9.13 Å². The van der Waals surface area contributed by atoms with Crippen molar-refractivity contribution in [1.29, 1.82) is 0 Å². The molecule has 146 valence electrons. The Balaban J connectivity index is 1.93. The Bertz CT molecular complexity index is 1080. The van der Waals surface area contributed by atoms with Gasteiger partial charge in [-0.05, 0) is 62.1 Å². The zero-order valence-corrected chi connectivity index (χ0v) is 17.4. The molecule has 2 aromatic rings. The lowest BCUT2D eigenvalue weighted by Gasteiger charge is -2.11. The van der Waals surface area contributed by atoms with E-state index in [1.807, 2.05) is 50.3 Å². The van der Waals surface area contributed by atoms with E-state index in [1.165, 1.54) is 5.57 Å². The van der Waals surface area contributed by atoms with Crippen LogP contribution in [-0.4, -0.2) is 7.11 Å². The van der Waals surface area contributed by atoms with Crippen molar-refractivity contribution in [3.63, 3.8) is 0 Å². The Morgan fingerprint density at radius 3 is 2.17 bits per heavy atom. The van der Waals surface area contributed by atoms with Gasteiger partial charge in [-0.2, -0.15) is 0 Å². The molecule has 0 heterocycles. The number of ether oxygens (including phenoxy) is 1. The van der Waals surface area contributed by atoms with Gasteiger partial charge in [-0.3, -0.25) is 0 Å². The van der Waals surface area contributed by atoms with Crippen LogP contribution in [0.1, 0.15) is 61.8 Å².